The lowest BCUT2D eigenvalue weighted by molar-refractivity contribution is 0.560. The average molecular weight is 234 g/mol. The van der Waals surface area contributed by atoms with Gasteiger partial charge in [0.25, 0.3) is 0 Å². The first-order valence-corrected chi connectivity index (χ1v) is 4.82. The summed E-state index contributed by atoms with van der Waals surface area (Å²) in [6.07, 6.45) is 1.33. The predicted octanol–water partition coefficient (Wildman–Crippen LogP) is 2.17. The van der Waals surface area contributed by atoms with Crippen molar-refractivity contribution < 1.29 is 8.78 Å². The predicted molar refractivity (Wildman–Crippen MR) is 57.0 cm³/mol. The molecule has 0 aliphatic rings. The second kappa shape index (κ2) is 4.61. The molecule has 0 amide bonds. The van der Waals surface area contributed by atoms with Crippen molar-refractivity contribution in [3.63, 3.8) is 0 Å². The third-order valence-electron chi connectivity index (χ3n) is 2.26. The molecule has 0 aliphatic heterocycles. The Morgan fingerprint density at radius 3 is 2.71 bits per heavy atom. The van der Waals surface area contributed by atoms with Crippen LogP contribution in [0.4, 0.5) is 14.6 Å². The maximum atomic E-state index is 13.3. The van der Waals surface area contributed by atoms with E-state index in [1.54, 1.807) is 0 Å². The summed E-state index contributed by atoms with van der Waals surface area (Å²) in [7, 11) is 0. The lowest BCUT2D eigenvalue weighted by Crippen LogP contribution is -2.05. The van der Waals surface area contributed by atoms with Gasteiger partial charge in [-0.1, -0.05) is 6.07 Å². The first-order chi connectivity index (χ1) is 8.22. The van der Waals surface area contributed by atoms with Gasteiger partial charge in [0.2, 0.25) is 0 Å². The number of rotatable bonds is 3. The molecule has 2 aromatic rings. The number of hydrogen-bond acceptors (Lipinski definition) is 3. The largest absolute Gasteiger partial charge is 0.365 e. The van der Waals surface area contributed by atoms with Gasteiger partial charge in [0.1, 0.15) is 29.1 Å². The zero-order chi connectivity index (χ0) is 12.3. The Hall–Kier alpha value is -2.42. The second-order valence-electron chi connectivity index (χ2n) is 3.32. The molecule has 0 bridgehead atoms. The minimum absolute atomic E-state index is 0.0601. The normalized spacial score (nSPS) is 9.94. The van der Waals surface area contributed by atoms with Crippen LogP contribution in [0.1, 0.15) is 11.1 Å². The summed E-state index contributed by atoms with van der Waals surface area (Å²) in [5.74, 6) is -0.916. The summed E-state index contributed by atoms with van der Waals surface area (Å²) in [5.41, 5.74) is 0.215. The number of nitriles is 1. The van der Waals surface area contributed by atoms with Crippen molar-refractivity contribution in [3.05, 3.63) is 47.2 Å². The smallest absolute Gasteiger partial charge is 0.139 e. The molecule has 1 aromatic carbocycles. The van der Waals surface area contributed by atoms with Crippen LogP contribution in [0.2, 0.25) is 0 Å². The molecule has 1 heterocycles. The van der Waals surface area contributed by atoms with Gasteiger partial charge in [-0.05, 0) is 12.1 Å². The zero-order valence-electron chi connectivity index (χ0n) is 8.67. The lowest BCUT2D eigenvalue weighted by atomic mass is 10.2. The maximum absolute atomic E-state index is 13.3. The number of hydrogen-bond donors (Lipinski definition) is 2. The number of halogens is 2. The maximum Gasteiger partial charge on any atom is 0.139 e. The summed E-state index contributed by atoms with van der Waals surface area (Å²) in [5, 5.41) is 17.6. The van der Waals surface area contributed by atoms with Gasteiger partial charge in [0, 0.05) is 12.1 Å². The van der Waals surface area contributed by atoms with Crippen LogP contribution in [0.25, 0.3) is 0 Å². The van der Waals surface area contributed by atoms with E-state index in [1.165, 1.54) is 24.4 Å². The van der Waals surface area contributed by atoms with Crippen LogP contribution in [-0.4, -0.2) is 10.2 Å². The molecule has 0 saturated heterocycles. The molecule has 1 aromatic heterocycles. The molecule has 2 rings (SSSR count). The third kappa shape index (κ3) is 2.23. The number of H-pyrrole nitrogens is 1. The number of aromatic amines is 1. The van der Waals surface area contributed by atoms with Gasteiger partial charge in [0.05, 0.1) is 6.20 Å². The molecule has 0 atom stereocenters. The molecular formula is C11H8F2N4. The lowest BCUT2D eigenvalue weighted by Gasteiger charge is -2.06. The zero-order valence-corrected chi connectivity index (χ0v) is 8.67. The van der Waals surface area contributed by atoms with Crippen molar-refractivity contribution in [2.45, 2.75) is 6.54 Å². The summed E-state index contributed by atoms with van der Waals surface area (Å²) in [4.78, 5) is 0. The summed E-state index contributed by atoms with van der Waals surface area (Å²) in [6.45, 7) is -0.0601. The minimum Gasteiger partial charge on any atom is -0.365 e. The number of anilines is 1. The quantitative estimate of drug-likeness (QED) is 0.855. The van der Waals surface area contributed by atoms with Crippen molar-refractivity contribution in [2.24, 2.45) is 0 Å². The molecule has 6 heteroatoms. The van der Waals surface area contributed by atoms with Crippen molar-refractivity contribution in [1.82, 2.24) is 10.2 Å². The molecule has 0 fully saturated rings. The fraction of sp³-hybridized carbons (Fsp3) is 0.0909. The monoisotopic (exact) mass is 234 g/mol. The Balaban J connectivity index is 2.16. The Morgan fingerprint density at radius 1 is 1.35 bits per heavy atom. The van der Waals surface area contributed by atoms with E-state index in [2.05, 4.69) is 15.5 Å². The molecule has 0 radical (unpaired) electrons. The molecule has 0 saturated carbocycles. The Labute approximate surface area is 95.9 Å². The number of nitrogens with one attached hydrogen (secondary N) is 2. The van der Waals surface area contributed by atoms with Crippen LogP contribution in [0, 0.1) is 23.0 Å². The highest BCUT2D eigenvalue weighted by molar-refractivity contribution is 5.50. The summed E-state index contributed by atoms with van der Waals surface area (Å²) in [6, 6.07) is 5.55. The van der Waals surface area contributed by atoms with Crippen molar-refractivity contribution in [2.75, 3.05) is 5.32 Å². The highest BCUT2D eigenvalue weighted by atomic mass is 19.1. The van der Waals surface area contributed by atoms with Crippen molar-refractivity contribution >= 4 is 5.82 Å². The van der Waals surface area contributed by atoms with Gasteiger partial charge in [-0.15, -0.1) is 0 Å². The van der Waals surface area contributed by atoms with E-state index in [0.29, 0.717) is 11.4 Å². The van der Waals surface area contributed by atoms with E-state index in [4.69, 9.17) is 5.26 Å². The number of nitrogens with zero attached hydrogens (tertiary/aromatic N) is 2. The molecule has 86 valence electrons. The van der Waals surface area contributed by atoms with Crippen LogP contribution in [0.3, 0.4) is 0 Å². The van der Waals surface area contributed by atoms with E-state index in [-0.39, 0.29) is 12.1 Å². The minimum atomic E-state index is -0.629. The van der Waals surface area contributed by atoms with Gasteiger partial charge >= 0.3 is 0 Å². The first kappa shape index (κ1) is 11.1. The Bertz CT molecular complexity index is 551. The topological polar surface area (TPSA) is 64.5 Å². The van der Waals surface area contributed by atoms with E-state index < -0.39 is 11.6 Å². The van der Waals surface area contributed by atoms with Crippen LogP contribution in [0.15, 0.2) is 24.4 Å². The van der Waals surface area contributed by atoms with Crippen LogP contribution in [0.5, 0.6) is 0 Å². The second-order valence-corrected chi connectivity index (χ2v) is 3.32. The molecule has 0 spiro atoms. The fourth-order valence-electron chi connectivity index (χ4n) is 1.38. The van der Waals surface area contributed by atoms with Gasteiger partial charge in [-0.25, -0.2) is 8.78 Å². The third-order valence-corrected chi connectivity index (χ3v) is 2.26. The molecular weight excluding hydrogens is 226 g/mol. The molecule has 0 aliphatic carbocycles. The molecule has 17 heavy (non-hydrogen) atoms. The van der Waals surface area contributed by atoms with Crippen LogP contribution >= 0.6 is 0 Å². The van der Waals surface area contributed by atoms with E-state index in [0.717, 1.165) is 0 Å². The van der Waals surface area contributed by atoms with E-state index in [1.807, 2.05) is 6.07 Å². The van der Waals surface area contributed by atoms with E-state index in [9.17, 15) is 8.78 Å². The van der Waals surface area contributed by atoms with Gasteiger partial charge < -0.3 is 5.32 Å². The standard InChI is InChI=1S/C11H8F2N4/c12-9-2-1-3-10(13)8(9)6-15-11-7(4-14)5-16-17-11/h1-3,5H,6H2,(H2,15,16,17). The molecule has 0 unspecified atom stereocenters. The Morgan fingerprint density at radius 2 is 2.06 bits per heavy atom. The number of benzene rings is 1. The van der Waals surface area contributed by atoms with Crippen LogP contribution < -0.4 is 5.32 Å². The SMILES string of the molecule is N#Cc1cn[nH]c1NCc1c(F)cccc1F. The molecule has 4 nitrogen and oxygen atoms in total. The summed E-state index contributed by atoms with van der Waals surface area (Å²) >= 11 is 0. The van der Waals surface area contributed by atoms with Gasteiger partial charge in [-0.3, -0.25) is 5.10 Å². The average Bonchev–Trinajstić information content (AvgIpc) is 2.76. The first-order valence-electron chi connectivity index (χ1n) is 4.82. The van der Waals surface area contributed by atoms with Crippen LogP contribution in [-0.2, 0) is 6.54 Å². The summed E-state index contributed by atoms with van der Waals surface area (Å²) < 4.78 is 26.6. The van der Waals surface area contributed by atoms with Crippen molar-refractivity contribution in [3.8, 4) is 6.07 Å². The van der Waals surface area contributed by atoms with Gasteiger partial charge in [-0.2, -0.15) is 10.4 Å². The Kier molecular flexibility index (Phi) is 3.01. The van der Waals surface area contributed by atoms with Crippen molar-refractivity contribution in [1.29, 1.82) is 5.26 Å². The van der Waals surface area contributed by atoms with Gasteiger partial charge in [0.15, 0.2) is 0 Å². The highest BCUT2D eigenvalue weighted by Gasteiger charge is 2.09. The van der Waals surface area contributed by atoms with E-state index >= 15 is 0 Å². The fourth-order valence-corrected chi connectivity index (χ4v) is 1.38. The highest BCUT2D eigenvalue weighted by Crippen LogP contribution is 2.15. The number of aromatic nitrogens is 2. The molecule has 2 N–H and O–H groups in total.